The molecule has 3 amide bonds. The third kappa shape index (κ3) is 5.61. The van der Waals surface area contributed by atoms with Crippen LogP contribution in [0, 0.1) is 6.92 Å². The first kappa shape index (κ1) is 15.3. The van der Waals surface area contributed by atoms with Gasteiger partial charge in [-0.1, -0.05) is 24.6 Å². The Bertz CT molecular complexity index is 463. The molecule has 1 aromatic rings. The normalized spacial score (nSPS) is 9.84. The lowest BCUT2D eigenvalue weighted by Crippen LogP contribution is -2.39. The molecule has 3 N–H and O–H groups in total. The molecule has 0 atom stereocenters. The maximum Gasteiger partial charge on any atom is 0.319 e. The zero-order valence-corrected chi connectivity index (χ0v) is 11.8. The monoisotopic (exact) mass is 283 g/mol. The second kappa shape index (κ2) is 7.63. The minimum atomic E-state index is -0.433. The molecule has 19 heavy (non-hydrogen) atoms. The van der Waals surface area contributed by atoms with Crippen molar-refractivity contribution in [1.82, 2.24) is 10.6 Å². The van der Waals surface area contributed by atoms with Gasteiger partial charge >= 0.3 is 6.03 Å². The van der Waals surface area contributed by atoms with Crippen LogP contribution in [-0.4, -0.2) is 25.0 Å². The van der Waals surface area contributed by atoms with Crippen molar-refractivity contribution >= 4 is 29.2 Å². The first-order valence-electron chi connectivity index (χ1n) is 6.10. The SMILES string of the molecule is CCCNC(=O)CNC(=O)Nc1cc(Cl)ccc1C. The molecule has 0 radical (unpaired) electrons. The summed E-state index contributed by atoms with van der Waals surface area (Å²) in [5.74, 6) is -0.209. The number of anilines is 1. The highest BCUT2D eigenvalue weighted by atomic mass is 35.5. The lowest BCUT2D eigenvalue weighted by molar-refractivity contribution is -0.120. The summed E-state index contributed by atoms with van der Waals surface area (Å²) in [5, 5.41) is 8.34. The molecule has 0 saturated heterocycles. The van der Waals surface area contributed by atoms with Gasteiger partial charge in [0, 0.05) is 17.3 Å². The summed E-state index contributed by atoms with van der Waals surface area (Å²) in [6.45, 7) is 4.38. The fourth-order valence-corrected chi connectivity index (χ4v) is 1.55. The van der Waals surface area contributed by atoms with E-state index in [0.29, 0.717) is 17.3 Å². The van der Waals surface area contributed by atoms with E-state index in [2.05, 4.69) is 16.0 Å². The topological polar surface area (TPSA) is 70.2 Å². The second-order valence-corrected chi connectivity index (χ2v) is 4.55. The predicted molar refractivity (Wildman–Crippen MR) is 76.5 cm³/mol. The van der Waals surface area contributed by atoms with Crippen LogP contribution in [0.15, 0.2) is 18.2 Å². The van der Waals surface area contributed by atoms with Crippen LogP contribution in [0.4, 0.5) is 10.5 Å². The minimum Gasteiger partial charge on any atom is -0.355 e. The van der Waals surface area contributed by atoms with Gasteiger partial charge in [-0.2, -0.15) is 0 Å². The van der Waals surface area contributed by atoms with Crippen molar-refractivity contribution < 1.29 is 9.59 Å². The molecule has 5 nitrogen and oxygen atoms in total. The Kier molecular flexibility index (Phi) is 6.15. The van der Waals surface area contributed by atoms with E-state index in [1.54, 1.807) is 12.1 Å². The number of urea groups is 1. The molecule has 1 aromatic carbocycles. The number of nitrogens with one attached hydrogen (secondary N) is 3. The molecule has 0 heterocycles. The number of aryl methyl sites for hydroxylation is 1. The number of benzene rings is 1. The van der Waals surface area contributed by atoms with E-state index in [0.717, 1.165) is 12.0 Å². The Labute approximate surface area is 117 Å². The Hall–Kier alpha value is -1.75. The van der Waals surface area contributed by atoms with Crippen LogP contribution in [-0.2, 0) is 4.79 Å². The summed E-state index contributed by atoms with van der Waals surface area (Å²) in [6, 6.07) is 4.79. The van der Waals surface area contributed by atoms with Gasteiger partial charge in [-0.15, -0.1) is 0 Å². The quantitative estimate of drug-likeness (QED) is 0.776. The summed E-state index contributed by atoms with van der Waals surface area (Å²) in [4.78, 5) is 22.9. The average Bonchev–Trinajstić information content (AvgIpc) is 2.38. The number of rotatable bonds is 5. The Balaban J connectivity index is 2.43. The van der Waals surface area contributed by atoms with Crippen molar-refractivity contribution in [3.63, 3.8) is 0 Å². The highest BCUT2D eigenvalue weighted by molar-refractivity contribution is 6.31. The summed E-state index contributed by atoms with van der Waals surface area (Å²) < 4.78 is 0. The van der Waals surface area contributed by atoms with Crippen molar-refractivity contribution in [3.8, 4) is 0 Å². The Morgan fingerprint density at radius 1 is 1.26 bits per heavy atom. The minimum absolute atomic E-state index is 0.0502. The lowest BCUT2D eigenvalue weighted by Gasteiger charge is -2.10. The van der Waals surface area contributed by atoms with Gasteiger partial charge in [-0.3, -0.25) is 4.79 Å². The molecular formula is C13H18ClN3O2. The zero-order chi connectivity index (χ0) is 14.3. The molecule has 0 aliphatic heterocycles. The lowest BCUT2D eigenvalue weighted by atomic mass is 10.2. The van der Waals surface area contributed by atoms with Crippen LogP contribution in [0.25, 0.3) is 0 Å². The van der Waals surface area contributed by atoms with Gasteiger partial charge in [0.25, 0.3) is 0 Å². The molecule has 0 fully saturated rings. The number of amides is 3. The van der Waals surface area contributed by atoms with E-state index in [4.69, 9.17) is 11.6 Å². The van der Waals surface area contributed by atoms with Crippen molar-refractivity contribution in [2.75, 3.05) is 18.4 Å². The van der Waals surface area contributed by atoms with Crippen LogP contribution < -0.4 is 16.0 Å². The van der Waals surface area contributed by atoms with Gasteiger partial charge in [0.05, 0.1) is 6.54 Å². The van der Waals surface area contributed by atoms with Crippen molar-refractivity contribution in [1.29, 1.82) is 0 Å². The predicted octanol–water partition coefficient (Wildman–Crippen LogP) is 2.30. The number of carbonyl (C=O) groups excluding carboxylic acids is 2. The van der Waals surface area contributed by atoms with Crippen LogP contribution in [0.3, 0.4) is 0 Å². The Morgan fingerprint density at radius 2 is 2.00 bits per heavy atom. The maximum atomic E-state index is 11.6. The summed E-state index contributed by atoms with van der Waals surface area (Å²) in [6.07, 6.45) is 0.861. The largest absolute Gasteiger partial charge is 0.355 e. The van der Waals surface area contributed by atoms with Gasteiger partial charge in [0.2, 0.25) is 5.91 Å². The van der Waals surface area contributed by atoms with Crippen LogP contribution in [0.5, 0.6) is 0 Å². The highest BCUT2D eigenvalue weighted by Gasteiger charge is 2.07. The third-order valence-electron chi connectivity index (χ3n) is 2.43. The van der Waals surface area contributed by atoms with Crippen molar-refractivity contribution in [2.24, 2.45) is 0 Å². The van der Waals surface area contributed by atoms with Gasteiger partial charge in [-0.25, -0.2) is 4.79 Å². The van der Waals surface area contributed by atoms with Gasteiger partial charge in [0.15, 0.2) is 0 Å². The number of hydrogen-bond donors (Lipinski definition) is 3. The van der Waals surface area contributed by atoms with E-state index in [9.17, 15) is 9.59 Å². The molecule has 0 unspecified atom stereocenters. The van der Waals surface area contributed by atoms with Crippen molar-refractivity contribution in [3.05, 3.63) is 28.8 Å². The fourth-order valence-electron chi connectivity index (χ4n) is 1.38. The summed E-state index contributed by atoms with van der Waals surface area (Å²) >= 11 is 5.85. The van der Waals surface area contributed by atoms with Crippen LogP contribution in [0.2, 0.25) is 5.02 Å². The molecule has 0 bridgehead atoms. The molecule has 0 saturated carbocycles. The van der Waals surface area contributed by atoms with Crippen LogP contribution >= 0.6 is 11.6 Å². The van der Waals surface area contributed by atoms with E-state index in [-0.39, 0.29) is 12.5 Å². The number of halogens is 1. The molecule has 0 aliphatic carbocycles. The molecule has 1 rings (SSSR count). The first-order valence-corrected chi connectivity index (χ1v) is 6.48. The summed E-state index contributed by atoms with van der Waals surface area (Å²) in [5.41, 5.74) is 1.52. The molecule has 0 spiro atoms. The number of hydrogen-bond acceptors (Lipinski definition) is 2. The Morgan fingerprint density at radius 3 is 2.68 bits per heavy atom. The molecule has 104 valence electrons. The maximum absolute atomic E-state index is 11.6. The second-order valence-electron chi connectivity index (χ2n) is 4.12. The van der Waals surface area contributed by atoms with Crippen molar-refractivity contribution in [2.45, 2.75) is 20.3 Å². The number of carbonyl (C=O) groups is 2. The van der Waals surface area contributed by atoms with Gasteiger partial charge < -0.3 is 16.0 Å². The average molecular weight is 284 g/mol. The van der Waals surface area contributed by atoms with Gasteiger partial charge in [0.1, 0.15) is 0 Å². The summed E-state index contributed by atoms with van der Waals surface area (Å²) in [7, 11) is 0. The van der Waals surface area contributed by atoms with Gasteiger partial charge in [-0.05, 0) is 31.0 Å². The smallest absolute Gasteiger partial charge is 0.319 e. The third-order valence-corrected chi connectivity index (χ3v) is 2.66. The standard InChI is InChI=1S/C13H18ClN3O2/c1-3-6-15-12(18)8-16-13(19)17-11-7-10(14)5-4-9(11)2/h4-5,7H,3,6,8H2,1-2H3,(H,15,18)(H2,16,17,19). The van der Waals surface area contributed by atoms with Crippen LogP contribution in [0.1, 0.15) is 18.9 Å². The van der Waals surface area contributed by atoms with E-state index in [1.807, 2.05) is 19.9 Å². The zero-order valence-electron chi connectivity index (χ0n) is 11.0. The van der Waals surface area contributed by atoms with E-state index in [1.165, 1.54) is 0 Å². The molecule has 6 heteroatoms. The molecule has 0 aliphatic rings. The highest BCUT2D eigenvalue weighted by Crippen LogP contribution is 2.19. The molecular weight excluding hydrogens is 266 g/mol. The van der Waals surface area contributed by atoms with E-state index >= 15 is 0 Å². The molecule has 0 aromatic heterocycles. The first-order chi connectivity index (χ1) is 9.02. The fraction of sp³-hybridized carbons (Fsp3) is 0.385. The van der Waals surface area contributed by atoms with E-state index < -0.39 is 6.03 Å².